The minimum absolute atomic E-state index is 0.222. The summed E-state index contributed by atoms with van der Waals surface area (Å²) in [6.07, 6.45) is 0.123. The van der Waals surface area contributed by atoms with Crippen molar-refractivity contribution in [3.05, 3.63) is 69.5 Å². The van der Waals surface area contributed by atoms with Crippen LogP contribution in [-0.2, 0) is 4.74 Å². The summed E-state index contributed by atoms with van der Waals surface area (Å²) < 4.78 is 18.7. The molecular formula is C23H25Cl2FN2O3. The molecule has 3 rings (SSSR count). The van der Waals surface area contributed by atoms with Crippen molar-refractivity contribution in [1.29, 1.82) is 0 Å². The van der Waals surface area contributed by atoms with Gasteiger partial charge in [0.15, 0.2) is 0 Å². The molecule has 2 aromatic carbocycles. The predicted molar refractivity (Wildman–Crippen MR) is 119 cm³/mol. The third-order valence-corrected chi connectivity index (χ3v) is 5.80. The molecule has 1 N–H and O–H groups in total. The van der Waals surface area contributed by atoms with E-state index in [0.29, 0.717) is 35.1 Å². The second-order valence-corrected chi connectivity index (χ2v) is 9.40. The molecule has 31 heavy (non-hydrogen) atoms. The maximum Gasteiger partial charge on any atom is 0.410 e. The van der Waals surface area contributed by atoms with Crippen molar-refractivity contribution < 1.29 is 18.7 Å². The molecule has 166 valence electrons. The second-order valence-electron chi connectivity index (χ2n) is 8.58. The van der Waals surface area contributed by atoms with Gasteiger partial charge in [-0.05, 0) is 69.2 Å². The van der Waals surface area contributed by atoms with Crippen LogP contribution in [0.25, 0.3) is 0 Å². The predicted octanol–water partition coefficient (Wildman–Crippen LogP) is 5.66. The van der Waals surface area contributed by atoms with Gasteiger partial charge in [0.05, 0.1) is 10.0 Å². The number of nitrogens with one attached hydrogen (secondary N) is 1. The number of nitrogens with zero attached hydrogens (tertiary/aromatic N) is 1. The average Bonchev–Trinajstić information content (AvgIpc) is 2.69. The summed E-state index contributed by atoms with van der Waals surface area (Å²) in [7, 11) is 0. The van der Waals surface area contributed by atoms with Gasteiger partial charge in [-0.3, -0.25) is 4.79 Å². The fraction of sp³-hybridized carbons (Fsp3) is 0.391. The molecule has 1 aliphatic heterocycles. The third kappa shape index (κ3) is 6.11. The lowest BCUT2D eigenvalue weighted by Crippen LogP contribution is -2.52. The van der Waals surface area contributed by atoms with Gasteiger partial charge in [-0.15, -0.1) is 0 Å². The fourth-order valence-corrected chi connectivity index (χ4v) is 3.86. The van der Waals surface area contributed by atoms with Crippen LogP contribution in [0.5, 0.6) is 0 Å². The van der Waals surface area contributed by atoms with E-state index in [0.717, 1.165) is 5.56 Å². The SMILES string of the molecule is CC(C)(C)OC(=O)N1CC[C@@H](NC(=O)c2ccc(F)cc2)[C@H](c2ccc(Cl)c(Cl)c2)C1. The monoisotopic (exact) mass is 466 g/mol. The van der Waals surface area contributed by atoms with Crippen LogP contribution < -0.4 is 5.32 Å². The molecule has 0 aliphatic carbocycles. The first-order valence-electron chi connectivity index (χ1n) is 10.0. The molecule has 2 aromatic rings. The van der Waals surface area contributed by atoms with Crippen LogP contribution in [-0.4, -0.2) is 41.6 Å². The minimum Gasteiger partial charge on any atom is -0.444 e. The van der Waals surface area contributed by atoms with Gasteiger partial charge in [0, 0.05) is 30.6 Å². The van der Waals surface area contributed by atoms with E-state index in [4.69, 9.17) is 27.9 Å². The lowest BCUT2D eigenvalue weighted by Gasteiger charge is -2.39. The third-order valence-electron chi connectivity index (χ3n) is 5.06. The zero-order valence-electron chi connectivity index (χ0n) is 17.6. The number of hydrogen-bond acceptors (Lipinski definition) is 3. The number of halogens is 3. The number of hydrogen-bond donors (Lipinski definition) is 1. The summed E-state index contributed by atoms with van der Waals surface area (Å²) in [5, 5.41) is 3.86. The summed E-state index contributed by atoms with van der Waals surface area (Å²) >= 11 is 12.3. The molecule has 5 nitrogen and oxygen atoms in total. The van der Waals surface area contributed by atoms with Crippen molar-refractivity contribution in [2.45, 2.75) is 44.8 Å². The first kappa shape index (κ1) is 23.4. The number of benzene rings is 2. The number of rotatable bonds is 3. The molecule has 1 saturated heterocycles. The van der Waals surface area contributed by atoms with E-state index in [1.54, 1.807) is 17.0 Å². The Kier molecular flexibility index (Phi) is 7.12. The highest BCUT2D eigenvalue weighted by Crippen LogP contribution is 2.32. The Morgan fingerprint density at radius 3 is 2.39 bits per heavy atom. The molecule has 0 spiro atoms. The van der Waals surface area contributed by atoms with Gasteiger partial charge in [0.2, 0.25) is 0 Å². The van der Waals surface area contributed by atoms with Crippen LogP contribution in [0.4, 0.5) is 9.18 Å². The first-order valence-corrected chi connectivity index (χ1v) is 10.8. The zero-order chi connectivity index (χ0) is 22.8. The lowest BCUT2D eigenvalue weighted by molar-refractivity contribution is 0.0177. The number of ether oxygens (including phenoxy) is 1. The van der Waals surface area contributed by atoms with Crippen molar-refractivity contribution in [3.63, 3.8) is 0 Å². The highest BCUT2D eigenvalue weighted by Gasteiger charge is 2.35. The number of piperidine rings is 1. The van der Waals surface area contributed by atoms with Crippen LogP contribution >= 0.6 is 23.2 Å². The fourth-order valence-electron chi connectivity index (χ4n) is 3.55. The van der Waals surface area contributed by atoms with Gasteiger partial charge < -0.3 is 15.0 Å². The van der Waals surface area contributed by atoms with Gasteiger partial charge in [-0.2, -0.15) is 0 Å². The number of likely N-dealkylation sites (tertiary alicyclic amines) is 1. The van der Waals surface area contributed by atoms with Gasteiger partial charge in [-0.1, -0.05) is 29.3 Å². The summed E-state index contributed by atoms with van der Waals surface area (Å²) in [6.45, 7) is 6.23. The van der Waals surface area contributed by atoms with Crippen molar-refractivity contribution in [3.8, 4) is 0 Å². The average molecular weight is 467 g/mol. The maximum atomic E-state index is 13.2. The van der Waals surface area contributed by atoms with E-state index in [9.17, 15) is 14.0 Å². The molecule has 0 bridgehead atoms. The molecule has 1 heterocycles. The van der Waals surface area contributed by atoms with Crippen LogP contribution in [0.1, 0.15) is 49.0 Å². The Hall–Kier alpha value is -2.31. The van der Waals surface area contributed by atoms with E-state index in [-0.39, 0.29) is 17.9 Å². The molecule has 8 heteroatoms. The highest BCUT2D eigenvalue weighted by atomic mass is 35.5. The molecule has 0 aromatic heterocycles. The summed E-state index contributed by atoms with van der Waals surface area (Å²) in [4.78, 5) is 27.0. The van der Waals surface area contributed by atoms with Gasteiger partial charge >= 0.3 is 6.09 Å². The maximum absolute atomic E-state index is 13.2. The Morgan fingerprint density at radius 2 is 1.77 bits per heavy atom. The number of carbonyl (C=O) groups excluding carboxylic acids is 2. The first-order chi connectivity index (χ1) is 14.5. The Morgan fingerprint density at radius 1 is 1.10 bits per heavy atom. The minimum atomic E-state index is -0.607. The molecule has 0 unspecified atom stereocenters. The van der Waals surface area contributed by atoms with Crippen molar-refractivity contribution in [1.82, 2.24) is 10.2 Å². The Bertz CT molecular complexity index is 960. The van der Waals surface area contributed by atoms with Crippen LogP contribution in [0.15, 0.2) is 42.5 Å². The quantitative estimate of drug-likeness (QED) is 0.634. The molecule has 0 radical (unpaired) electrons. The van der Waals surface area contributed by atoms with E-state index in [1.165, 1.54) is 24.3 Å². The van der Waals surface area contributed by atoms with E-state index in [2.05, 4.69) is 5.32 Å². The summed E-state index contributed by atoms with van der Waals surface area (Å²) in [6, 6.07) is 10.4. The van der Waals surface area contributed by atoms with Crippen molar-refractivity contribution in [2.75, 3.05) is 13.1 Å². The van der Waals surface area contributed by atoms with Crippen molar-refractivity contribution >= 4 is 35.2 Å². The zero-order valence-corrected chi connectivity index (χ0v) is 19.1. The molecule has 2 amide bonds. The summed E-state index contributed by atoms with van der Waals surface area (Å²) in [5.41, 5.74) is 0.611. The molecule has 2 atom stereocenters. The highest BCUT2D eigenvalue weighted by molar-refractivity contribution is 6.42. The topological polar surface area (TPSA) is 58.6 Å². The largest absolute Gasteiger partial charge is 0.444 e. The van der Waals surface area contributed by atoms with Gasteiger partial charge in [-0.25, -0.2) is 9.18 Å². The van der Waals surface area contributed by atoms with Crippen LogP contribution in [0.2, 0.25) is 10.0 Å². The number of amides is 2. The van der Waals surface area contributed by atoms with Crippen LogP contribution in [0.3, 0.4) is 0 Å². The smallest absolute Gasteiger partial charge is 0.410 e. The molecule has 1 fully saturated rings. The number of carbonyl (C=O) groups is 2. The van der Waals surface area contributed by atoms with Crippen LogP contribution in [0, 0.1) is 5.82 Å². The summed E-state index contributed by atoms with van der Waals surface area (Å²) in [5.74, 6) is -0.933. The normalized spacial score (nSPS) is 19.1. The lowest BCUT2D eigenvalue weighted by atomic mass is 9.86. The van der Waals surface area contributed by atoms with E-state index < -0.39 is 17.5 Å². The van der Waals surface area contributed by atoms with Gasteiger partial charge in [0.25, 0.3) is 5.91 Å². The van der Waals surface area contributed by atoms with E-state index >= 15 is 0 Å². The molecular weight excluding hydrogens is 442 g/mol. The Labute approximate surface area is 191 Å². The standard InChI is InChI=1S/C23H25Cl2FN2O3/c1-23(2,3)31-22(30)28-11-10-20(27-21(29)14-4-7-16(26)8-5-14)17(13-28)15-6-9-18(24)19(25)12-15/h4-9,12,17,20H,10-11,13H2,1-3H3,(H,27,29)/t17-,20+/m0/s1. The molecule has 0 saturated carbocycles. The second kappa shape index (κ2) is 9.45. The van der Waals surface area contributed by atoms with Crippen molar-refractivity contribution in [2.24, 2.45) is 0 Å². The van der Waals surface area contributed by atoms with Gasteiger partial charge in [0.1, 0.15) is 11.4 Å². The Balaban J connectivity index is 1.83. The molecule has 1 aliphatic rings. The van der Waals surface area contributed by atoms with E-state index in [1.807, 2.05) is 26.8 Å².